The summed E-state index contributed by atoms with van der Waals surface area (Å²) in [7, 11) is 0. The number of ether oxygens (including phenoxy) is 2. The minimum Gasteiger partial charge on any atom is -0.378 e. The van der Waals surface area contributed by atoms with Gasteiger partial charge in [-0.25, -0.2) is 0 Å². The van der Waals surface area contributed by atoms with Crippen LogP contribution < -0.4 is 0 Å². The molecule has 0 aromatic heterocycles. The third kappa shape index (κ3) is 10.2. The second-order valence-electron chi connectivity index (χ2n) is 24.7. The van der Waals surface area contributed by atoms with Crippen LogP contribution in [-0.4, -0.2) is 25.4 Å². The number of rotatable bonds is 3. The summed E-state index contributed by atoms with van der Waals surface area (Å²) in [5, 5.41) is 0. The lowest BCUT2D eigenvalue weighted by Gasteiger charge is -2.60. The van der Waals surface area contributed by atoms with Crippen molar-refractivity contribution in [3.8, 4) is 0 Å². The van der Waals surface area contributed by atoms with E-state index in [1.165, 1.54) is 185 Å². The maximum atomic E-state index is 6.06. The van der Waals surface area contributed by atoms with Crippen molar-refractivity contribution in [3.05, 3.63) is 36.5 Å². The third-order valence-electron chi connectivity index (χ3n) is 20.7. The quantitative estimate of drug-likeness (QED) is 0.208. The molecule has 2 heteroatoms. The van der Waals surface area contributed by atoms with Crippen LogP contribution in [0, 0.1) is 74.9 Å². The van der Waals surface area contributed by atoms with Crippen LogP contribution in [0.4, 0.5) is 0 Å². The molecule has 0 aromatic carbocycles. The van der Waals surface area contributed by atoms with Gasteiger partial charge in [0, 0.05) is 13.2 Å². The fraction of sp³-hybridized carbons (Fsp3) is 0.897. The van der Waals surface area contributed by atoms with E-state index in [0.717, 1.165) is 66.5 Å². The molecule has 9 fully saturated rings. The second kappa shape index (κ2) is 20.5. The summed E-state index contributed by atoms with van der Waals surface area (Å²) in [5.74, 6) is 8.39. The van der Waals surface area contributed by atoms with E-state index in [9.17, 15) is 0 Å². The van der Waals surface area contributed by atoms with Crippen molar-refractivity contribution in [1.82, 2.24) is 0 Å². The molecule has 2 heterocycles. The summed E-state index contributed by atoms with van der Waals surface area (Å²) in [6.07, 6.45) is 45.6. The molecule has 0 aromatic rings. The summed E-state index contributed by atoms with van der Waals surface area (Å²) < 4.78 is 12.0. The van der Waals surface area contributed by atoms with Crippen molar-refractivity contribution in [3.63, 3.8) is 0 Å². The average Bonchev–Trinajstić information content (AvgIpc) is 3.26. The Bertz CT molecular complexity index is 1400. The predicted octanol–water partition coefficient (Wildman–Crippen LogP) is 17.1. The van der Waals surface area contributed by atoms with Crippen molar-refractivity contribution in [2.75, 3.05) is 13.2 Å². The van der Waals surface area contributed by atoms with Crippen LogP contribution in [-0.2, 0) is 9.47 Å². The highest BCUT2D eigenvalue weighted by molar-refractivity contribution is 5.20. The molecule has 0 spiro atoms. The molecule has 13 atom stereocenters. The third-order valence-corrected chi connectivity index (χ3v) is 20.7. The van der Waals surface area contributed by atoms with Crippen molar-refractivity contribution < 1.29 is 9.47 Å². The molecule has 2 aliphatic heterocycles. The van der Waals surface area contributed by atoms with E-state index in [2.05, 4.69) is 67.7 Å². The first kappa shape index (κ1) is 47.1. The SMILES string of the molecule is C1CCC2C(C1)CCC1OCCCC12.C=CC(=C)C1CCCCC1CC.CC1(C)CCCC2(C)C3CCCC=C3CCC12.CC1(C)CCCC2(C)C3CCCOC3CCC12. The van der Waals surface area contributed by atoms with Gasteiger partial charge in [0.15, 0.2) is 0 Å². The Hall–Kier alpha value is -0.860. The second-order valence-corrected chi connectivity index (χ2v) is 24.7. The van der Waals surface area contributed by atoms with Gasteiger partial charge in [-0.15, -0.1) is 0 Å². The lowest BCUT2D eigenvalue weighted by atomic mass is 9.46. The summed E-state index contributed by atoms with van der Waals surface area (Å²) in [6.45, 7) is 27.5. The Morgan fingerprint density at radius 2 is 1.25 bits per heavy atom. The van der Waals surface area contributed by atoms with Crippen LogP contribution in [0.2, 0.25) is 0 Å². The van der Waals surface area contributed by atoms with Gasteiger partial charge in [0.1, 0.15) is 0 Å². The Labute approximate surface area is 373 Å². The van der Waals surface area contributed by atoms with Crippen LogP contribution in [0.15, 0.2) is 36.5 Å². The highest BCUT2D eigenvalue weighted by atomic mass is 16.5. The maximum absolute atomic E-state index is 6.06. The minimum atomic E-state index is 0.565. The average molecular weight is 827 g/mol. The number of fused-ring (bicyclic) bond motifs is 9. The van der Waals surface area contributed by atoms with E-state index >= 15 is 0 Å². The van der Waals surface area contributed by atoms with E-state index in [0.29, 0.717) is 33.9 Å². The Morgan fingerprint density at radius 1 is 0.617 bits per heavy atom. The van der Waals surface area contributed by atoms with Gasteiger partial charge in [-0.1, -0.05) is 136 Å². The zero-order chi connectivity index (χ0) is 42.5. The highest BCUT2D eigenvalue weighted by Gasteiger charge is 2.56. The van der Waals surface area contributed by atoms with Crippen molar-refractivity contribution in [2.24, 2.45) is 74.9 Å². The predicted molar refractivity (Wildman–Crippen MR) is 257 cm³/mol. The fourth-order valence-corrected chi connectivity index (χ4v) is 17.6. The number of hydrogen-bond donors (Lipinski definition) is 0. The van der Waals surface area contributed by atoms with Gasteiger partial charge >= 0.3 is 0 Å². The van der Waals surface area contributed by atoms with Crippen LogP contribution in [0.25, 0.3) is 0 Å². The molecule has 13 unspecified atom stereocenters. The number of hydrogen-bond acceptors (Lipinski definition) is 2. The van der Waals surface area contributed by atoms with Crippen LogP contribution in [0.1, 0.15) is 228 Å². The van der Waals surface area contributed by atoms with Gasteiger partial charge in [0.05, 0.1) is 12.2 Å². The normalized spacial score (nSPS) is 43.7. The molecule has 60 heavy (non-hydrogen) atoms. The van der Waals surface area contributed by atoms with E-state index < -0.39 is 0 Å². The van der Waals surface area contributed by atoms with E-state index in [-0.39, 0.29) is 0 Å². The van der Waals surface area contributed by atoms with E-state index in [1.54, 1.807) is 0 Å². The minimum absolute atomic E-state index is 0.565. The fourth-order valence-electron chi connectivity index (χ4n) is 17.6. The first-order chi connectivity index (χ1) is 28.8. The molecule has 0 bridgehead atoms. The van der Waals surface area contributed by atoms with Crippen molar-refractivity contribution in [1.29, 1.82) is 0 Å². The van der Waals surface area contributed by atoms with E-state index in [1.807, 2.05) is 11.6 Å². The Balaban J connectivity index is 0.000000122. The summed E-state index contributed by atoms with van der Waals surface area (Å²) in [6, 6.07) is 0. The van der Waals surface area contributed by atoms with Gasteiger partial charge in [-0.05, 0) is 203 Å². The smallest absolute Gasteiger partial charge is 0.0608 e. The number of allylic oxidation sites excluding steroid dienone is 4. The molecular formula is C58H98O2. The van der Waals surface area contributed by atoms with Gasteiger partial charge in [0.2, 0.25) is 0 Å². The lowest BCUT2D eigenvalue weighted by Crippen LogP contribution is -2.54. The standard InChI is InChI=1S/C17H28.C16H28O.C13H22O.C12H20/c1-16(2)11-6-12-17(3)14-8-5-4-7-13(14)9-10-15(16)17;1-15(2)9-5-10-16(3)12-6-4-11-17-13(12)7-8-14(15)16;1-2-5-11-10(4-1)7-8-13-12(11)6-3-9-14-13;1-4-10(3)12-9-7-6-8-11(12)5-2/h7,14-15H,4-6,8-12H2,1-3H3;12-14H,4-11H2,1-3H3;10-13H,1-9H2;4,11-12H,1,3,5-9H2,2H3. The molecule has 0 N–H and O–H groups in total. The van der Waals surface area contributed by atoms with Crippen LogP contribution >= 0.6 is 0 Å². The van der Waals surface area contributed by atoms with Crippen LogP contribution in [0.3, 0.4) is 0 Å². The first-order valence-corrected chi connectivity index (χ1v) is 27.1. The summed E-state index contributed by atoms with van der Waals surface area (Å²) in [4.78, 5) is 0. The monoisotopic (exact) mass is 827 g/mol. The van der Waals surface area contributed by atoms with E-state index in [4.69, 9.17) is 9.47 Å². The lowest BCUT2D eigenvalue weighted by molar-refractivity contribution is -0.163. The molecule has 10 aliphatic rings. The van der Waals surface area contributed by atoms with Crippen molar-refractivity contribution in [2.45, 2.75) is 240 Å². The summed E-state index contributed by atoms with van der Waals surface area (Å²) in [5.41, 5.74) is 5.47. The molecule has 2 saturated heterocycles. The van der Waals surface area contributed by atoms with Gasteiger partial charge in [-0.3, -0.25) is 0 Å². The molecule has 7 saturated carbocycles. The van der Waals surface area contributed by atoms with Crippen molar-refractivity contribution >= 4 is 0 Å². The largest absolute Gasteiger partial charge is 0.378 e. The van der Waals surface area contributed by atoms with Gasteiger partial charge in [-0.2, -0.15) is 0 Å². The zero-order valence-electron chi connectivity index (χ0n) is 40.9. The molecule has 10 rings (SSSR count). The zero-order valence-corrected chi connectivity index (χ0v) is 40.9. The highest BCUT2D eigenvalue weighted by Crippen LogP contribution is 2.63. The van der Waals surface area contributed by atoms with Gasteiger partial charge < -0.3 is 9.47 Å². The maximum Gasteiger partial charge on any atom is 0.0608 e. The first-order valence-electron chi connectivity index (χ1n) is 27.1. The molecule has 0 radical (unpaired) electrons. The van der Waals surface area contributed by atoms with Gasteiger partial charge in [0.25, 0.3) is 0 Å². The molecule has 342 valence electrons. The topological polar surface area (TPSA) is 18.5 Å². The Morgan fingerprint density at radius 3 is 2.00 bits per heavy atom. The molecule has 2 nitrogen and oxygen atoms in total. The Kier molecular flexibility index (Phi) is 16.1. The molecule has 0 amide bonds. The van der Waals surface area contributed by atoms with Crippen LogP contribution in [0.5, 0.6) is 0 Å². The molecule has 8 aliphatic carbocycles. The summed E-state index contributed by atoms with van der Waals surface area (Å²) >= 11 is 0. The molecular weight excluding hydrogens is 729 g/mol.